The molecule has 0 bridgehead atoms. The molecular formula is C17H26O2. The SMILES string of the molecule is CCCCC(OCC(=O)c1ccccc1)C(C)CC. The monoisotopic (exact) mass is 262 g/mol. The largest absolute Gasteiger partial charge is 0.370 e. The number of hydrogen-bond donors (Lipinski definition) is 0. The van der Waals surface area contributed by atoms with Crippen molar-refractivity contribution in [2.24, 2.45) is 5.92 Å². The Hall–Kier alpha value is -1.15. The second-order valence-electron chi connectivity index (χ2n) is 5.17. The molecular weight excluding hydrogens is 236 g/mol. The zero-order valence-corrected chi connectivity index (χ0v) is 12.4. The van der Waals surface area contributed by atoms with Crippen molar-refractivity contribution in [3.63, 3.8) is 0 Å². The molecule has 1 aromatic rings. The third-order valence-electron chi connectivity index (χ3n) is 3.65. The molecule has 1 rings (SSSR count). The highest BCUT2D eigenvalue weighted by Gasteiger charge is 2.17. The molecule has 0 aromatic heterocycles. The van der Waals surface area contributed by atoms with Gasteiger partial charge in [0.2, 0.25) is 0 Å². The summed E-state index contributed by atoms with van der Waals surface area (Å²) in [6, 6.07) is 9.37. The molecule has 19 heavy (non-hydrogen) atoms. The number of ketones is 1. The Balaban J connectivity index is 2.49. The van der Waals surface area contributed by atoms with Crippen LogP contribution in [0.15, 0.2) is 30.3 Å². The first-order valence-electron chi connectivity index (χ1n) is 7.38. The minimum Gasteiger partial charge on any atom is -0.370 e. The summed E-state index contributed by atoms with van der Waals surface area (Å²) in [6.07, 6.45) is 4.68. The molecule has 0 spiro atoms. The number of benzene rings is 1. The van der Waals surface area contributed by atoms with Gasteiger partial charge in [-0.3, -0.25) is 4.79 Å². The Morgan fingerprint density at radius 2 is 1.89 bits per heavy atom. The summed E-state index contributed by atoms with van der Waals surface area (Å²) in [4.78, 5) is 12.0. The van der Waals surface area contributed by atoms with Crippen LogP contribution >= 0.6 is 0 Å². The number of unbranched alkanes of at least 4 members (excludes halogenated alkanes) is 1. The lowest BCUT2D eigenvalue weighted by molar-refractivity contribution is 0.0132. The highest BCUT2D eigenvalue weighted by molar-refractivity contribution is 5.96. The van der Waals surface area contributed by atoms with Crippen LogP contribution in [0, 0.1) is 5.92 Å². The smallest absolute Gasteiger partial charge is 0.188 e. The van der Waals surface area contributed by atoms with E-state index in [4.69, 9.17) is 4.74 Å². The number of ether oxygens (including phenoxy) is 1. The predicted octanol–water partition coefficient (Wildman–Crippen LogP) is 4.49. The second kappa shape index (κ2) is 8.87. The molecule has 106 valence electrons. The minimum absolute atomic E-state index is 0.0744. The molecule has 0 saturated carbocycles. The molecule has 2 nitrogen and oxygen atoms in total. The maximum absolute atomic E-state index is 12.0. The van der Waals surface area contributed by atoms with Gasteiger partial charge in [0.1, 0.15) is 6.61 Å². The fourth-order valence-corrected chi connectivity index (χ4v) is 2.09. The number of hydrogen-bond acceptors (Lipinski definition) is 2. The van der Waals surface area contributed by atoms with Gasteiger partial charge in [-0.25, -0.2) is 0 Å². The van der Waals surface area contributed by atoms with Gasteiger partial charge >= 0.3 is 0 Å². The van der Waals surface area contributed by atoms with Gasteiger partial charge in [-0.1, -0.05) is 70.4 Å². The van der Waals surface area contributed by atoms with E-state index in [-0.39, 0.29) is 18.5 Å². The van der Waals surface area contributed by atoms with Crippen LogP contribution < -0.4 is 0 Å². The lowest BCUT2D eigenvalue weighted by Gasteiger charge is -2.23. The van der Waals surface area contributed by atoms with Crippen LogP contribution in [0.1, 0.15) is 56.8 Å². The molecule has 2 atom stereocenters. The molecule has 0 N–H and O–H groups in total. The van der Waals surface area contributed by atoms with Crippen LogP contribution in [-0.4, -0.2) is 18.5 Å². The maximum atomic E-state index is 12.0. The van der Waals surface area contributed by atoms with E-state index in [1.807, 2.05) is 30.3 Å². The van der Waals surface area contributed by atoms with Crippen LogP contribution in [0.3, 0.4) is 0 Å². The summed E-state index contributed by atoms with van der Waals surface area (Å²) in [5.74, 6) is 0.584. The van der Waals surface area contributed by atoms with E-state index in [0.717, 1.165) is 24.8 Å². The minimum atomic E-state index is 0.0744. The van der Waals surface area contributed by atoms with Crippen molar-refractivity contribution in [2.45, 2.75) is 52.6 Å². The highest BCUT2D eigenvalue weighted by atomic mass is 16.5. The van der Waals surface area contributed by atoms with E-state index in [1.165, 1.54) is 6.42 Å². The van der Waals surface area contributed by atoms with Crippen molar-refractivity contribution in [3.8, 4) is 0 Å². The standard InChI is InChI=1S/C17H26O2/c1-4-6-12-17(14(3)5-2)19-13-16(18)15-10-8-7-9-11-15/h7-11,14,17H,4-6,12-13H2,1-3H3. The fraction of sp³-hybridized carbons (Fsp3) is 0.588. The molecule has 0 saturated heterocycles. The Morgan fingerprint density at radius 3 is 2.47 bits per heavy atom. The van der Waals surface area contributed by atoms with Gasteiger partial charge in [-0.15, -0.1) is 0 Å². The lowest BCUT2D eigenvalue weighted by atomic mass is 9.97. The summed E-state index contributed by atoms with van der Waals surface area (Å²) in [5, 5.41) is 0. The molecule has 1 aromatic carbocycles. The topological polar surface area (TPSA) is 26.3 Å². The van der Waals surface area contributed by atoms with E-state index < -0.39 is 0 Å². The normalized spacial score (nSPS) is 14.1. The lowest BCUT2D eigenvalue weighted by Crippen LogP contribution is -2.25. The van der Waals surface area contributed by atoms with Crippen LogP contribution in [0.5, 0.6) is 0 Å². The Morgan fingerprint density at radius 1 is 1.21 bits per heavy atom. The zero-order chi connectivity index (χ0) is 14.1. The van der Waals surface area contributed by atoms with Crippen LogP contribution in [0.2, 0.25) is 0 Å². The molecule has 0 aliphatic heterocycles. The molecule has 0 fully saturated rings. The first kappa shape index (κ1) is 15.9. The average Bonchev–Trinajstić information content (AvgIpc) is 2.47. The van der Waals surface area contributed by atoms with Gasteiger partial charge in [0.25, 0.3) is 0 Å². The second-order valence-corrected chi connectivity index (χ2v) is 5.17. The number of Topliss-reactive ketones (excluding diaryl/α,β-unsaturated/α-hetero) is 1. The third-order valence-corrected chi connectivity index (χ3v) is 3.65. The molecule has 0 aliphatic carbocycles. The first-order valence-corrected chi connectivity index (χ1v) is 7.38. The fourth-order valence-electron chi connectivity index (χ4n) is 2.09. The molecule has 0 aliphatic rings. The molecule has 2 unspecified atom stereocenters. The summed E-state index contributed by atoms with van der Waals surface area (Å²) in [5.41, 5.74) is 0.737. The highest BCUT2D eigenvalue weighted by Crippen LogP contribution is 2.18. The van der Waals surface area contributed by atoms with E-state index in [1.54, 1.807) is 0 Å². The summed E-state index contributed by atoms with van der Waals surface area (Å²) in [6.45, 7) is 6.75. The molecule has 0 heterocycles. The number of carbonyl (C=O) groups is 1. The molecule has 0 radical (unpaired) electrons. The molecule has 2 heteroatoms. The van der Waals surface area contributed by atoms with Crippen LogP contribution in [0.25, 0.3) is 0 Å². The Labute approximate surface area is 117 Å². The third kappa shape index (κ3) is 5.56. The van der Waals surface area contributed by atoms with Gasteiger partial charge in [0, 0.05) is 5.56 Å². The van der Waals surface area contributed by atoms with E-state index in [9.17, 15) is 4.79 Å². The van der Waals surface area contributed by atoms with Gasteiger partial charge in [-0.05, 0) is 12.3 Å². The summed E-state index contributed by atoms with van der Waals surface area (Å²) >= 11 is 0. The molecule has 0 amide bonds. The maximum Gasteiger partial charge on any atom is 0.188 e. The van der Waals surface area contributed by atoms with Crippen molar-refractivity contribution in [1.29, 1.82) is 0 Å². The van der Waals surface area contributed by atoms with Gasteiger partial charge in [0.15, 0.2) is 5.78 Å². The van der Waals surface area contributed by atoms with E-state index >= 15 is 0 Å². The summed E-state index contributed by atoms with van der Waals surface area (Å²) < 4.78 is 5.86. The van der Waals surface area contributed by atoms with Crippen molar-refractivity contribution in [3.05, 3.63) is 35.9 Å². The predicted molar refractivity (Wildman–Crippen MR) is 79.5 cm³/mol. The van der Waals surface area contributed by atoms with Crippen LogP contribution in [-0.2, 0) is 4.74 Å². The van der Waals surface area contributed by atoms with Crippen molar-refractivity contribution in [1.82, 2.24) is 0 Å². The number of carbonyl (C=O) groups excluding carboxylic acids is 1. The van der Waals surface area contributed by atoms with E-state index in [0.29, 0.717) is 5.92 Å². The van der Waals surface area contributed by atoms with Crippen LogP contribution in [0.4, 0.5) is 0 Å². The quantitative estimate of drug-likeness (QED) is 0.613. The van der Waals surface area contributed by atoms with E-state index in [2.05, 4.69) is 20.8 Å². The zero-order valence-electron chi connectivity index (χ0n) is 12.4. The average molecular weight is 262 g/mol. The Bertz CT molecular complexity index is 359. The summed E-state index contributed by atoms with van der Waals surface area (Å²) in [7, 11) is 0. The van der Waals surface area contributed by atoms with Gasteiger partial charge in [-0.2, -0.15) is 0 Å². The van der Waals surface area contributed by atoms with Crippen molar-refractivity contribution >= 4 is 5.78 Å². The van der Waals surface area contributed by atoms with Crippen molar-refractivity contribution < 1.29 is 9.53 Å². The first-order chi connectivity index (χ1) is 9.19. The Kier molecular flexibility index (Phi) is 7.42. The number of rotatable bonds is 9. The van der Waals surface area contributed by atoms with Gasteiger partial charge < -0.3 is 4.74 Å². The van der Waals surface area contributed by atoms with Gasteiger partial charge in [0.05, 0.1) is 6.10 Å². The van der Waals surface area contributed by atoms with Crippen molar-refractivity contribution in [2.75, 3.05) is 6.61 Å².